The molecule has 1 amide bonds. The number of anilines is 1. The molecule has 0 aliphatic rings. The Morgan fingerprint density at radius 1 is 1.22 bits per heavy atom. The Morgan fingerprint density at radius 2 is 1.89 bits per heavy atom. The van der Waals surface area contributed by atoms with E-state index in [9.17, 15) is 9.90 Å². The minimum atomic E-state index is -1.31. The molecule has 0 aromatic heterocycles. The number of primary amides is 1. The lowest BCUT2D eigenvalue weighted by Crippen LogP contribution is -2.32. The summed E-state index contributed by atoms with van der Waals surface area (Å²) in [6, 6.07) is 15.1. The van der Waals surface area contributed by atoms with Crippen LogP contribution >= 0.6 is 11.8 Å². The van der Waals surface area contributed by atoms with Crippen molar-refractivity contribution in [3.05, 3.63) is 54.1 Å². The predicted molar refractivity (Wildman–Crippen MR) is 110 cm³/mol. The molecule has 2 aromatic rings. The molecule has 0 bridgehead atoms. The van der Waals surface area contributed by atoms with Gasteiger partial charge in [-0.1, -0.05) is 24.3 Å². The van der Waals surface area contributed by atoms with Crippen LogP contribution in [-0.2, 0) is 4.79 Å². The van der Waals surface area contributed by atoms with Crippen LogP contribution in [0, 0.1) is 0 Å². The van der Waals surface area contributed by atoms with E-state index in [1.807, 2.05) is 50.5 Å². The number of aliphatic hydroxyl groups excluding tert-OH is 1. The fourth-order valence-electron chi connectivity index (χ4n) is 2.52. The summed E-state index contributed by atoms with van der Waals surface area (Å²) in [5.74, 6) is -0.0387. The zero-order chi connectivity index (χ0) is 19.8. The number of hydrogen-bond acceptors (Lipinski definition) is 6. The van der Waals surface area contributed by atoms with Crippen LogP contribution in [-0.4, -0.2) is 56.3 Å². The first kappa shape index (κ1) is 21.1. The lowest BCUT2D eigenvalue weighted by molar-refractivity contribution is -0.126. The largest absolute Gasteiger partial charge is 0.497 e. The molecule has 0 saturated carbocycles. The molecule has 0 radical (unpaired) electrons. The van der Waals surface area contributed by atoms with Crippen LogP contribution in [0.1, 0.15) is 10.8 Å². The number of carbonyl (C=O) groups is 1. The number of nitrogens with two attached hydrogens (primary N) is 1. The number of methoxy groups -OCH3 is 1. The van der Waals surface area contributed by atoms with E-state index < -0.39 is 17.3 Å². The highest BCUT2D eigenvalue weighted by Crippen LogP contribution is 2.41. The number of benzene rings is 2. The van der Waals surface area contributed by atoms with Gasteiger partial charge < -0.3 is 25.8 Å². The molecule has 7 heteroatoms. The Morgan fingerprint density at radius 3 is 2.48 bits per heavy atom. The van der Waals surface area contributed by atoms with E-state index in [4.69, 9.17) is 10.5 Å². The molecule has 2 aromatic carbocycles. The highest BCUT2D eigenvalue weighted by Gasteiger charge is 2.27. The number of likely N-dealkylation sites (N-methyl/N-ethyl adjacent to an activating group) is 1. The van der Waals surface area contributed by atoms with Gasteiger partial charge in [0.2, 0.25) is 5.91 Å². The number of carbonyl (C=O) groups excluding carboxylic acids is 1. The number of amides is 1. The second-order valence-corrected chi connectivity index (χ2v) is 7.57. The monoisotopic (exact) mass is 389 g/mol. The zero-order valence-electron chi connectivity index (χ0n) is 15.9. The van der Waals surface area contributed by atoms with E-state index in [-0.39, 0.29) is 0 Å². The van der Waals surface area contributed by atoms with Gasteiger partial charge in [-0.2, -0.15) is 0 Å². The number of hydrogen-bond donors (Lipinski definition) is 3. The standard InChI is InChI=1S/C20H27N3O3S/c1-23(2)13-12-22-16-6-4-5-7-17(16)27-19(18(24)20(21)25)14-8-10-15(26-3)11-9-14/h4-11,18-19,22,24H,12-13H2,1-3H3,(H2,21,25)/t18-,19+/m1/s1. The van der Waals surface area contributed by atoms with Crippen molar-refractivity contribution < 1.29 is 14.6 Å². The average molecular weight is 390 g/mol. The SMILES string of the molecule is COc1ccc([C@H](Sc2ccccc2NCCN(C)C)[C@@H](O)C(N)=O)cc1. The van der Waals surface area contributed by atoms with E-state index in [1.54, 1.807) is 19.2 Å². The van der Waals surface area contributed by atoms with E-state index in [1.165, 1.54) is 11.8 Å². The zero-order valence-corrected chi connectivity index (χ0v) is 16.7. The van der Waals surface area contributed by atoms with Crippen molar-refractivity contribution in [1.82, 2.24) is 4.90 Å². The fraction of sp³-hybridized carbons (Fsp3) is 0.350. The van der Waals surface area contributed by atoms with Gasteiger partial charge in [0.1, 0.15) is 11.9 Å². The summed E-state index contributed by atoms with van der Waals surface area (Å²) < 4.78 is 5.18. The predicted octanol–water partition coefficient (Wildman–Crippen LogP) is 2.35. The number of aliphatic hydroxyl groups is 1. The number of para-hydroxylation sites is 1. The number of nitrogens with zero attached hydrogens (tertiary/aromatic N) is 1. The van der Waals surface area contributed by atoms with Gasteiger partial charge in [-0.15, -0.1) is 11.8 Å². The number of ether oxygens (including phenoxy) is 1. The maximum atomic E-state index is 11.7. The van der Waals surface area contributed by atoms with Gasteiger partial charge in [-0.25, -0.2) is 0 Å². The summed E-state index contributed by atoms with van der Waals surface area (Å²) in [5.41, 5.74) is 7.15. The van der Waals surface area contributed by atoms with Crippen LogP contribution < -0.4 is 15.8 Å². The molecule has 0 aliphatic heterocycles. The molecule has 6 nitrogen and oxygen atoms in total. The third-order valence-corrected chi connectivity index (χ3v) is 5.43. The number of rotatable bonds is 10. The minimum Gasteiger partial charge on any atom is -0.497 e. The van der Waals surface area contributed by atoms with Crippen LogP contribution in [0.5, 0.6) is 5.75 Å². The minimum absolute atomic E-state index is 0.523. The van der Waals surface area contributed by atoms with Crippen LogP contribution in [0.15, 0.2) is 53.4 Å². The average Bonchev–Trinajstić information content (AvgIpc) is 2.66. The molecule has 0 heterocycles. The Bertz CT molecular complexity index is 738. The molecular formula is C20H27N3O3S. The molecular weight excluding hydrogens is 362 g/mol. The first-order chi connectivity index (χ1) is 12.9. The van der Waals surface area contributed by atoms with Gasteiger partial charge in [0.25, 0.3) is 0 Å². The first-order valence-electron chi connectivity index (χ1n) is 8.68. The third kappa shape index (κ3) is 6.16. The normalized spacial score (nSPS) is 13.2. The second kappa shape index (κ2) is 10.2. The van der Waals surface area contributed by atoms with Crippen molar-refractivity contribution in [3.8, 4) is 5.75 Å². The van der Waals surface area contributed by atoms with E-state index in [2.05, 4.69) is 10.2 Å². The molecule has 0 spiro atoms. The number of thioether (sulfide) groups is 1. The topological polar surface area (TPSA) is 87.8 Å². The van der Waals surface area contributed by atoms with Gasteiger partial charge in [0, 0.05) is 23.7 Å². The van der Waals surface area contributed by atoms with Crippen molar-refractivity contribution in [1.29, 1.82) is 0 Å². The summed E-state index contributed by atoms with van der Waals surface area (Å²) in [4.78, 5) is 14.7. The van der Waals surface area contributed by atoms with Gasteiger partial charge in [0.05, 0.1) is 12.4 Å². The smallest absolute Gasteiger partial charge is 0.247 e. The molecule has 0 fully saturated rings. The molecule has 0 saturated heterocycles. The summed E-state index contributed by atoms with van der Waals surface area (Å²) in [7, 11) is 5.63. The Kier molecular flexibility index (Phi) is 7.97. The van der Waals surface area contributed by atoms with E-state index in [0.29, 0.717) is 5.75 Å². The Hall–Kier alpha value is -2.22. The van der Waals surface area contributed by atoms with Crippen molar-refractivity contribution >= 4 is 23.4 Å². The second-order valence-electron chi connectivity index (χ2n) is 6.39. The molecule has 2 atom stereocenters. The van der Waals surface area contributed by atoms with E-state index in [0.717, 1.165) is 29.2 Å². The first-order valence-corrected chi connectivity index (χ1v) is 9.56. The summed E-state index contributed by atoms with van der Waals surface area (Å²) in [6.07, 6.45) is -1.31. The summed E-state index contributed by atoms with van der Waals surface area (Å²) in [5, 5.41) is 13.3. The van der Waals surface area contributed by atoms with Gasteiger partial charge in [0.15, 0.2) is 0 Å². The Labute approximate surface area is 164 Å². The van der Waals surface area contributed by atoms with Crippen molar-refractivity contribution in [3.63, 3.8) is 0 Å². The van der Waals surface area contributed by atoms with E-state index >= 15 is 0 Å². The molecule has 0 aliphatic carbocycles. The number of nitrogens with one attached hydrogen (secondary N) is 1. The molecule has 0 unspecified atom stereocenters. The lowest BCUT2D eigenvalue weighted by atomic mass is 10.1. The maximum Gasteiger partial charge on any atom is 0.247 e. The summed E-state index contributed by atoms with van der Waals surface area (Å²) >= 11 is 1.41. The van der Waals surface area contributed by atoms with Crippen LogP contribution in [0.4, 0.5) is 5.69 Å². The van der Waals surface area contributed by atoms with Gasteiger partial charge in [-0.05, 0) is 43.9 Å². The van der Waals surface area contributed by atoms with Crippen LogP contribution in [0.2, 0.25) is 0 Å². The Balaban J connectivity index is 2.25. The van der Waals surface area contributed by atoms with Gasteiger partial charge >= 0.3 is 0 Å². The van der Waals surface area contributed by atoms with Crippen molar-refractivity contribution in [2.45, 2.75) is 16.2 Å². The summed E-state index contributed by atoms with van der Waals surface area (Å²) in [6.45, 7) is 1.68. The fourth-order valence-corrected chi connectivity index (χ4v) is 3.78. The maximum absolute atomic E-state index is 11.7. The molecule has 4 N–H and O–H groups in total. The van der Waals surface area contributed by atoms with Crippen LogP contribution in [0.25, 0.3) is 0 Å². The van der Waals surface area contributed by atoms with Crippen molar-refractivity contribution in [2.75, 3.05) is 39.6 Å². The molecule has 146 valence electrons. The third-order valence-electron chi connectivity index (χ3n) is 4.04. The highest BCUT2D eigenvalue weighted by molar-refractivity contribution is 7.99. The molecule has 27 heavy (non-hydrogen) atoms. The highest BCUT2D eigenvalue weighted by atomic mass is 32.2. The van der Waals surface area contributed by atoms with Crippen LogP contribution in [0.3, 0.4) is 0 Å². The van der Waals surface area contributed by atoms with Crippen molar-refractivity contribution in [2.24, 2.45) is 5.73 Å². The van der Waals surface area contributed by atoms with Gasteiger partial charge in [-0.3, -0.25) is 4.79 Å². The lowest BCUT2D eigenvalue weighted by Gasteiger charge is -2.23. The molecule has 2 rings (SSSR count). The quantitative estimate of drug-likeness (QED) is 0.541.